The quantitative estimate of drug-likeness (QED) is 0.821. The van der Waals surface area contributed by atoms with E-state index >= 15 is 0 Å². The zero-order valence-electron chi connectivity index (χ0n) is 11.9. The van der Waals surface area contributed by atoms with Gasteiger partial charge in [0.25, 0.3) is 5.56 Å². The first kappa shape index (κ1) is 13.7. The van der Waals surface area contributed by atoms with Crippen LogP contribution in [-0.2, 0) is 11.3 Å². The van der Waals surface area contributed by atoms with Gasteiger partial charge in [-0.25, -0.2) is 4.98 Å². The molecular formula is C13H18N6O2. The highest BCUT2D eigenvalue weighted by atomic mass is 16.5. The zero-order chi connectivity index (χ0) is 14.7. The van der Waals surface area contributed by atoms with Crippen molar-refractivity contribution < 1.29 is 4.74 Å². The molecule has 112 valence electrons. The number of nitrogens with zero attached hydrogens (tertiary/aromatic N) is 4. The third-order valence-electron chi connectivity index (χ3n) is 3.41. The van der Waals surface area contributed by atoms with Crippen LogP contribution < -0.4 is 10.9 Å². The van der Waals surface area contributed by atoms with E-state index in [1.165, 1.54) is 6.07 Å². The number of hydrogen-bond acceptors (Lipinski definition) is 6. The maximum Gasteiger partial charge on any atom is 0.252 e. The largest absolute Gasteiger partial charge is 0.381 e. The van der Waals surface area contributed by atoms with Gasteiger partial charge in [-0.1, -0.05) is 5.21 Å². The van der Waals surface area contributed by atoms with Crippen LogP contribution in [-0.4, -0.2) is 44.7 Å². The second-order valence-corrected chi connectivity index (χ2v) is 5.13. The average Bonchev–Trinajstić information content (AvgIpc) is 3.08. The molecule has 2 N–H and O–H groups in total. The highest BCUT2D eigenvalue weighted by molar-refractivity contribution is 5.24. The molecule has 3 heterocycles. The third-order valence-corrected chi connectivity index (χ3v) is 3.41. The summed E-state index contributed by atoms with van der Waals surface area (Å²) in [6.07, 6.45) is 2.96. The summed E-state index contributed by atoms with van der Waals surface area (Å²) in [7, 11) is 0. The van der Waals surface area contributed by atoms with Gasteiger partial charge in [0, 0.05) is 37.0 Å². The fraction of sp³-hybridized carbons (Fsp3) is 0.538. The van der Waals surface area contributed by atoms with Gasteiger partial charge in [-0.2, -0.15) is 0 Å². The van der Waals surface area contributed by atoms with Gasteiger partial charge in [-0.15, -0.1) is 5.10 Å². The van der Waals surface area contributed by atoms with E-state index in [0.717, 1.165) is 25.3 Å². The third kappa shape index (κ3) is 3.46. The van der Waals surface area contributed by atoms with Crippen LogP contribution in [0.2, 0.25) is 0 Å². The number of H-pyrrole nitrogens is 1. The molecule has 0 saturated carbocycles. The summed E-state index contributed by atoms with van der Waals surface area (Å²) in [4.78, 5) is 18.2. The van der Waals surface area contributed by atoms with Crippen molar-refractivity contribution in [2.45, 2.75) is 25.8 Å². The van der Waals surface area contributed by atoms with Gasteiger partial charge in [0.1, 0.15) is 0 Å². The van der Waals surface area contributed by atoms with E-state index in [-0.39, 0.29) is 5.56 Å². The lowest BCUT2D eigenvalue weighted by Gasteiger charge is -2.05. The molecule has 0 spiro atoms. The smallest absolute Gasteiger partial charge is 0.252 e. The van der Waals surface area contributed by atoms with Crippen molar-refractivity contribution in [3.63, 3.8) is 0 Å². The van der Waals surface area contributed by atoms with E-state index in [0.29, 0.717) is 30.6 Å². The van der Waals surface area contributed by atoms with Crippen LogP contribution in [0.4, 0.5) is 5.95 Å². The van der Waals surface area contributed by atoms with Crippen LogP contribution in [0.1, 0.15) is 23.7 Å². The molecule has 8 heteroatoms. The van der Waals surface area contributed by atoms with Crippen molar-refractivity contribution in [2.75, 3.05) is 25.1 Å². The molecule has 1 atom stereocenters. The highest BCUT2D eigenvalue weighted by Crippen LogP contribution is 2.22. The summed E-state index contributed by atoms with van der Waals surface area (Å²) in [6.45, 7) is 4.57. The second kappa shape index (κ2) is 6.04. The topological polar surface area (TPSA) is 97.7 Å². The number of ether oxygens (including phenoxy) is 1. The predicted octanol–water partition coefficient (Wildman–Crippen LogP) is 0.286. The van der Waals surface area contributed by atoms with Crippen molar-refractivity contribution in [2.24, 2.45) is 0 Å². The molecule has 3 rings (SSSR count). The Morgan fingerprint density at radius 1 is 1.57 bits per heavy atom. The molecule has 0 bridgehead atoms. The van der Waals surface area contributed by atoms with Crippen molar-refractivity contribution in [3.8, 4) is 0 Å². The van der Waals surface area contributed by atoms with E-state index in [9.17, 15) is 4.79 Å². The minimum Gasteiger partial charge on any atom is -0.381 e. The second-order valence-electron chi connectivity index (χ2n) is 5.13. The molecule has 0 radical (unpaired) electrons. The van der Waals surface area contributed by atoms with E-state index < -0.39 is 0 Å². The summed E-state index contributed by atoms with van der Waals surface area (Å²) in [5, 5.41) is 11.4. The molecule has 2 aromatic heterocycles. The first-order chi connectivity index (χ1) is 10.2. The fourth-order valence-electron chi connectivity index (χ4n) is 2.33. The summed E-state index contributed by atoms with van der Waals surface area (Å²) < 4.78 is 7.14. The van der Waals surface area contributed by atoms with Crippen LogP contribution in [0.25, 0.3) is 0 Å². The van der Waals surface area contributed by atoms with Gasteiger partial charge in [-0.05, 0) is 13.3 Å². The van der Waals surface area contributed by atoms with Gasteiger partial charge in [0.05, 0.1) is 18.8 Å². The number of rotatable bonds is 5. The average molecular weight is 290 g/mol. The molecule has 8 nitrogen and oxygen atoms in total. The Labute approximate surface area is 121 Å². The van der Waals surface area contributed by atoms with E-state index in [1.54, 1.807) is 11.6 Å². The summed E-state index contributed by atoms with van der Waals surface area (Å²) in [6, 6.07) is 1.46. The van der Waals surface area contributed by atoms with Crippen molar-refractivity contribution >= 4 is 5.95 Å². The molecule has 1 saturated heterocycles. The van der Waals surface area contributed by atoms with E-state index in [1.807, 2.05) is 6.20 Å². The molecule has 0 aliphatic carbocycles. The summed E-state index contributed by atoms with van der Waals surface area (Å²) in [5.41, 5.74) is 1.51. The van der Waals surface area contributed by atoms with E-state index in [2.05, 4.69) is 25.6 Å². The van der Waals surface area contributed by atoms with Crippen LogP contribution >= 0.6 is 0 Å². The lowest BCUT2D eigenvalue weighted by molar-refractivity contribution is 0.193. The SMILES string of the molecule is Cc1cc(=O)[nH]c(NCCn2cc([C@H]3CCOC3)nn2)n1. The normalized spacial score (nSPS) is 18.0. The first-order valence-corrected chi connectivity index (χ1v) is 7.00. The molecular weight excluding hydrogens is 272 g/mol. The first-order valence-electron chi connectivity index (χ1n) is 7.00. The number of anilines is 1. The van der Waals surface area contributed by atoms with Gasteiger partial charge in [-0.3, -0.25) is 14.5 Å². The minimum absolute atomic E-state index is 0.158. The number of nitrogens with one attached hydrogen (secondary N) is 2. The Balaban J connectivity index is 1.54. The number of aromatic amines is 1. The predicted molar refractivity (Wildman–Crippen MR) is 76.3 cm³/mol. The van der Waals surface area contributed by atoms with E-state index in [4.69, 9.17) is 4.74 Å². The standard InChI is InChI=1S/C13H18N6O2/c1-9-6-12(20)16-13(15-9)14-3-4-19-7-11(17-18-19)10-2-5-21-8-10/h6-7,10H,2-5,8H2,1H3,(H2,14,15,16,20)/t10-/m0/s1. The van der Waals surface area contributed by atoms with Crippen LogP contribution in [0.5, 0.6) is 0 Å². The minimum atomic E-state index is -0.158. The van der Waals surface area contributed by atoms with Crippen LogP contribution in [0.15, 0.2) is 17.1 Å². The fourth-order valence-corrected chi connectivity index (χ4v) is 2.33. The van der Waals surface area contributed by atoms with Gasteiger partial charge < -0.3 is 10.1 Å². The number of aromatic nitrogens is 5. The Bertz CT molecular complexity index is 659. The molecule has 2 aromatic rings. The Hall–Kier alpha value is -2.22. The Morgan fingerprint density at radius 3 is 3.24 bits per heavy atom. The van der Waals surface area contributed by atoms with Crippen molar-refractivity contribution in [1.82, 2.24) is 25.0 Å². The molecule has 1 fully saturated rings. The van der Waals surface area contributed by atoms with Crippen LogP contribution in [0, 0.1) is 6.92 Å². The Kier molecular flexibility index (Phi) is 3.96. The van der Waals surface area contributed by atoms with Gasteiger partial charge in [0.2, 0.25) is 5.95 Å². The van der Waals surface area contributed by atoms with Gasteiger partial charge >= 0.3 is 0 Å². The molecule has 21 heavy (non-hydrogen) atoms. The monoisotopic (exact) mass is 290 g/mol. The Morgan fingerprint density at radius 2 is 2.48 bits per heavy atom. The number of hydrogen-bond donors (Lipinski definition) is 2. The van der Waals surface area contributed by atoms with Crippen molar-refractivity contribution in [1.29, 1.82) is 0 Å². The number of aryl methyl sites for hydroxylation is 1. The molecule has 0 amide bonds. The highest BCUT2D eigenvalue weighted by Gasteiger charge is 2.20. The van der Waals surface area contributed by atoms with Crippen LogP contribution in [0.3, 0.4) is 0 Å². The van der Waals surface area contributed by atoms with Gasteiger partial charge in [0.15, 0.2) is 0 Å². The molecule has 1 aliphatic heterocycles. The molecule has 0 aromatic carbocycles. The molecule has 1 aliphatic rings. The maximum atomic E-state index is 11.3. The lowest BCUT2D eigenvalue weighted by atomic mass is 10.1. The summed E-state index contributed by atoms with van der Waals surface area (Å²) in [5.74, 6) is 0.839. The maximum absolute atomic E-state index is 11.3. The lowest BCUT2D eigenvalue weighted by Crippen LogP contribution is -2.16. The molecule has 0 unspecified atom stereocenters. The van der Waals surface area contributed by atoms with Crippen molar-refractivity contribution in [3.05, 3.63) is 34.0 Å². The summed E-state index contributed by atoms with van der Waals surface area (Å²) >= 11 is 0. The zero-order valence-corrected chi connectivity index (χ0v) is 11.9.